The van der Waals surface area contributed by atoms with Gasteiger partial charge in [-0.25, -0.2) is 0 Å². The molecule has 0 radical (unpaired) electrons. The van der Waals surface area contributed by atoms with Crippen molar-refractivity contribution in [3.05, 3.63) is 23.8 Å². The minimum Gasteiger partial charge on any atom is -0.495 e. The predicted octanol–water partition coefficient (Wildman–Crippen LogP) is 1.12. The minimum absolute atomic E-state index is 0.108. The van der Waals surface area contributed by atoms with Crippen LogP contribution < -0.4 is 10.5 Å². The largest absolute Gasteiger partial charge is 0.495 e. The number of hydrogen-bond acceptors (Lipinski definition) is 4. The van der Waals surface area contributed by atoms with E-state index >= 15 is 0 Å². The summed E-state index contributed by atoms with van der Waals surface area (Å²) in [6, 6.07) is 4.96. The molecule has 1 aromatic carbocycles. The first-order valence-electron chi connectivity index (χ1n) is 6.32. The molecule has 0 atom stereocenters. The summed E-state index contributed by atoms with van der Waals surface area (Å²) in [7, 11) is 1.51. The maximum absolute atomic E-state index is 12.2. The summed E-state index contributed by atoms with van der Waals surface area (Å²) >= 11 is 0. The van der Waals surface area contributed by atoms with Gasteiger partial charge in [0, 0.05) is 5.56 Å². The molecule has 104 valence electrons. The maximum atomic E-state index is 12.2. The Hall–Kier alpha value is -1.75. The van der Waals surface area contributed by atoms with Crippen LogP contribution in [0.2, 0.25) is 0 Å². The van der Waals surface area contributed by atoms with E-state index < -0.39 is 5.60 Å². The zero-order valence-electron chi connectivity index (χ0n) is 11.5. The summed E-state index contributed by atoms with van der Waals surface area (Å²) in [5.74, 6) is 0.520. The van der Waals surface area contributed by atoms with Gasteiger partial charge < -0.3 is 20.5 Å². The van der Waals surface area contributed by atoms with Gasteiger partial charge in [-0.1, -0.05) is 13.8 Å². The number of amides is 1. The molecule has 1 heterocycles. The quantitative estimate of drug-likeness (QED) is 0.802. The molecule has 1 aromatic rings. The van der Waals surface area contributed by atoms with Crippen LogP contribution in [0.4, 0.5) is 5.69 Å². The van der Waals surface area contributed by atoms with Crippen LogP contribution in [0.15, 0.2) is 18.2 Å². The molecule has 1 fully saturated rings. The van der Waals surface area contributed by atoms with Crippen LogP contribution in [-0.2, 0) is 0 Å². The third-order valence-electron chi connectivity index (χ3n) is 3.77. The van der Waals surface area contributed by atoms with E-state index in [0.717, 1.165) is 0 Å². The molecular weight excluding hydrogens is 244 g/mol. The summed E-state index contributed by atoms with van der Waals surface area (Å²) in [6.45, 7) is 4.65. The summed E-state index contributed by atoms with van der Waals surface area (Å²) in [6.07, 6.45) is 0. The van der Waals surface area contributed by atoms with Crippen LogP contribution in [0.25, 0.3) is 0 Å². The van der Waals surface area contributed by atoms with Crippen molar-refractivity contribution < 1.29 is 14.6 Å². The van der Waals surface area contributed by atoms with E-state index in [4.69, 9.17) is 10.5 Å². The van der Waals surface area contributed by atoms with E-state index in [9.17, 15) is 9.90 Å². The van der Waals surface area contributed by atoms with Crippen LogP contribution in [-0.4, -0.2) is 41.7 Å². The number of β-amino-alcohol motifs (C(OH)–C–C–N with tert-alkyl or cyclic N) is 1. The normalized spacial score (nSPS) is 17.2. The van der Waals surface area contributed by atoms with Crippen molar-refractivity contribution in [2.45, 2.75) is 19.4 Å². The van der Waals surface area contributed by atoms with Crippen molar-refractivity contribution >= 4 is 11.6 Å². The third kappa shape index (κ3) is 2.38. The van der Waals surface area contributed by atoms with Crippen LogP contribution in [0, 0.1) is 5.92 Å². The zero-order valence-corrected chi connectivity index (χ0v) is 11.5. The molecule has 19 heavy (non-hydrogen) atoms. The predicted molar refractivity (Wildman–Crippen MR) is 73.1 cm³/mol. The van der Waals surface area contributed by atoms with E-state index in [1.807, 2.05) is 13.8 Å². The average Bonchev–Trinajstić information content (AvgIpc) is 2.34. The van der Waals surface area contributed by atoms with Crippen molar-refractivity contribution in [2.75, 3.05) is 25.9 Å². The number of nitrogens with two attached hydrogens (primary N) is 1. The van der Waals surface area contributed by atoms with Crippen LogP contribution in [0.3, 0.4) is 0 Å². The van der Waals surface area contributed by atoms with Gasteiger partial charge in [-0.15, -0.1) is 0 Å². The van der Waals surface area contributed by atoms with Crippen molar-refractivity contribution in [2.24, 2.45) is 5.92 Å². The summed E-state index contributed by atoms with van der Waals surface area (Å²) in [5, 5.41) is 10.2. The summed E-state index contributed by atoms with van der Waals surface area (Å²) in [4.78, 5) is 13.9. The summed E-state index contributed by atoms with van der Waals surface area (Å²) in [5.41, 5.74) is 5.99. The van der Waals surface area contributed by atoms with E-state index in [2.05, 4.69) is 0 Å². The second kappa shape index (κ2) is 4.74. The molecule has 5 heteroatoms. The molecule has 1 aliphatic rings. The Balaban J connectivity index is 2.10. The lowest BCUT2D eigenvalue weighted by Gasteiger charge is -2.49. The van der Waals surface area contributed by atoms with E-state index in [-0.39, 0.29) is 11.8 Å². The highest BCUT2D eigenvalue weighted by Gasteiger charge is 2.45. The lowest BCUT2D eigenvalue weighted by Crippen LogP contribution is -2.65. The van der Waals surface area contributed by atoms with Crippen molar-refractivity contribution in [3.63, 3.8) is 0 Å². The Morgan fingerprint density at radius 2 is 2.11 bits per heavy atom. The Morgan fingerprint density at radius 3 is 2.63 bits per heavy atom. The third-order valence-corrected chi connectivity index (χ3v) is 3.77. The first kappa shape index (κ1) is 13.7. The monoisotopic (exact) mass is 264 g/mol. The lowest BCUT2D eigenvalue weighted by atomic mass is 9.82. The topological polar surface area (TPSA) is 75.8 Å². The lowest BCUT2D eigenvalue weighted by molar-refractivity contribution is -0.110. The number of carbonyl (C=O) groups is 1. The number of rotatable bonds is 3. The second-order valence-corrected chi connectivity index (χ2v) is 5.38. The fraction of sp³-hybridized carbons (Fsp3) is 0.500. The molecule has 0 spiro atoms. The summed E-state index contributed by atoms with van der Waals surface area (Å²) < 4.78 is 5.10. The zero-order chi connectivity index (χ0) is 14.2. The number of anilines is 1. The molecule has 1 saturated heterocycles. The highest BCUT2D eigenvalue weighted by molar-refractivity contribution is 5.96. The van der Waals surface area contributed by atoms with Gasteiger partial charge in [0.25, 0.3) is 5.91 Å². The highest BCUT2D eigenvalue weighted by Crippen LogP contribution is 2.31. The minimum atomic E-state index is -0.756. The van der Waals surface area contributed by atoms with Gasteiger partial charge in [-0.05, 0) is 24.1 Å². The van der Waals surface area contributed by atoms with E-state index in [1.54, 1.807) is 23.1 Å². The van der Waals surface area contributed by atoms with Gasteiger partial charge in [0.2, 0.25) is 0 Å². The van der Waals surface area contributed by atoms with Gasteiger partial charge in [0.1, 0.15) is 11.4 Å². The van der Waals surface area contributed by atoms with Gasteiger partial charge in [0.05, 0.1) is 25.9 Å². The molecule has 0 saturated carbocycles. The van der Waals surface area contributed by atoms with Crippen LogP contribution >= 0.6 is 0 Å². The number of nitrogen functional groups attached to an aromatic ring is 1. The number of nitrogens with zero attached hydrogens (tertiary/aromatic N) is 1. The molecule has 2 rings (SSSR count). The molecule has 0 aromatic heterocycles. The van der Waals surface area contributed by atoms with Crippen molar-refractivity contribution in [1.29, 1.82) is 0 Å². The Labute approximate surface area is 113 Å². The van der Waals surface area contributed by atoms with Gasteiger partial charge >= 0.3 is 0 Å². The number of ether oxygens (including phenoxy) is 1. The number of methoxy groups -OCH3 is 1. The Morgan fingerprint density at radius 1 is 1.47 bits per heavy atom. The van der Waals surface area contributed by atoms with Crippen LogP contribution in [0.5, 0.6) is 5.75 Å². The van der Waals surface area contributed by atoms with Gasteiger partial charge in [-0.2, -0.15) is 0 Å². The number of hydrogen-bond donors (Lipinski definition) is 2. The molecular formula is C14H20N2O3. The molecule has 0 bridgehead atoms. The van der Waals surface area contributed by atoms with Gasteiger partial charge in [0.15, 0.2) is 0 Å². The Kier molecular flexibility index (Phi) is 3.41. The van der Waals surface area contributed by atoms with E-state index in [0.29, 0.717) is 30.1 Å². The van der Waals surface area contributed by atoms with E-state index in [1.165, 1.54) is 7.11 Å². The first-order chi connectivity index (χ1) is 8.87. The molecule has 0 aliphatic carbocycles. The van der Waals surface area contributed by atoms with Crippen molar-refractivity contribution in [3.8, 4) is 5.75 Å². The Bertz CT molecular complexity index is 493. The van der Waals surface area contributed by atoms with Crippen LogP contribution in [0.1, 0.15) is 24.2 Å². The molecule has 1 aliphatic heterocycles. The fourth-order valence-corrected chi connectivity index (χ4v) is 2.15. The van der Waals surface area contributed by atoms with Crippen molar-refractivity contribution in [1.82, 2.24) is 4.90 Å². The SMILES string of the molecule is COc1cc(C(=O)N2CC(O)(C(C)C)C2)ccc1N. The average molecular weight is 264 g/mol. The number of likely N-dealkylation sites (tertiary alicyclic amines) is 1. The number of benzene rings is 1. The fourth-order valence-electron chi connectivity index (χ4n) is 2.15. The number of carbonyl (C=O) groups excluding carboxylic acids is 1. The van der Waals surface area contributed by atoms with Gasteiger partial charge in [-0.3, -0.25) is 4.79 Å². The maximum Gasteiger partial charge on any atom is 0.254 e. The smallest absolute Gasteiger partial charge is 0.254 e. The highest BCUT2D eigenvalue weighted by atomic mass is 16.5. The standard InChI is InChI=1S/C14H20N2O3/c1-9(2)14(18)7-16(8-14)13(17)10-4-5-11(15)12(6-10)19-3/h4-6,9,18H,7-8,15H2,1-3H3. The molecule has 1 amide bonds. The first-order valence-corrected chi connectivity index (χ1v) is 6.32. The number of aliphatic hydroxyl groups is 1. The molecule has 5 nitrogen and oxygen atoms in total. The molecule has 3 N–H and O–H groups in total. The molecule has 0 unspecified atom stereocenters. The second-order valence-electron chi connectivity index (χ2n) is 5.38.